The number of halogens is 2. The van der Waals surface area contributed by atoms with E-state index in [2.05, 4.69) is 24.1 Å². The molecule has 4 heteroatoms. The summed E-state index contributed by atoms with van der Waals surface area (Å²) in [6.07, 6.45) is 2.18. The van der Waals surface area contributed by atoms with Crippen LogP contribution in [0.15, 0.2) is 18.2 Å². The molecule has 0 amide bonds. The van der Waals surface area contributed by atoms with Gasteiger partial charge >= 0.3 is 0 Å². The lowest BCUT2D eigenvalue weighted by Gasteiger charge is -2.44. The van der Waals surface area contributed by atoms with E-state index in [-0.39, 0.29) is 16.4 Å². The highest BCUT2D eigenvalue weighted by molar-refractivity contribution is 6.31. The molecule has 0 unspecified atom stereocenters. The van der Waals surface area contributed by atoms with Crippen molar-refractivity contribution in [2.75, 3.05) is 24.5 Å². The molecule has 0 spiro atoms. The topological polar surface area (TPSA) is 15.3 Å². The van der Waals surface area contributed by atoms with Crippen molar-refractivity contribution in [2.45, 2.75) is 32.2 Å². The third-order valence-corrected chi connectivity index (χ3v) is 4.29. The standard InChI is InChI=1S/C14H20ClFN2/c1-3-14(4-2)10-18(8-7-17-14)11-5-6-13(16)12(15)9-11/h5-6,9,17H,3-4,7-8,10H2,1-2H3. The summed E-state index contributed by atoms with van der Waals surface area (Å²) in [4.78, 5) is 2.29. The summed E-state index contributed by atoms with van der Waals surface area (Å²) in [7, 11) is 0. The molecule has 1 aliphatic rings. The summed E-state index contributed by atoms with van der Waals surface area (Å²) in [5.74, 6) is -0.354. The number of nitrogens with one attached hydrogen (secondary N) is 1. The van der Waals surface area contributed by atoms with Crippen LogP contribution < -0.4 is 10.2 Å². The predicted octanol–water partition coefficient (Wildman–Crippen LogP) is 3.45. The summed E-state index contributed by atoms with van der Waals surface area (Å²) in [5.41, 5.74) is 1.17. The average molecular weight is 271 g/mol. The van der Waals surface area contributed by atoms with Crippen LogP contribution in [0.4, 0.5) is 10.1 Å². The summed E-state index contributed by atoms with van der Waals surface area (Å²) in [6.45, 7) is 7.25. The normalized spacial score (nSPS) is 19.0. The Bertz CT molecular complexity index is 418. The highest BCUT2D eigenvalue weighted by Crippen LogP contribution is 2.27. The number of hydrogen-bond donors (Lipinski definition) is 1. The molecule has 2 rings (SSSR count). The first kappa shape index (κ1) is 13.6. The second-order valence-corrected chi connectivity index (χ2v) is 5.34. The monoisotopic (exact) mass is 270 g/mol. The smallest absolute Gasteiger partial charge is 0.141 e. The molecule has 1 aliphatic heterocycles. The molecule has 1 aromatic rings. The zero-order chi connectivity index (χ0) is 13.2. The van der Waals surface area contributed by atoms with Crippen molar-refractivity contribution in [3.8, 4) is 0 Å². The molecular weight excluding hydrogens is 251 g/mol. The van der Waals surface area contributed by atoms with Crippen LogP contribution in [0, 0.1) is 5.82 Å². The molecule has 1 aromatic carbocycles. The van der Waals surface area contributed by atoms with E-state index in [4.69, 9.17) is 11.6 Å². The van der Waals surface area contributed by atoms with Gasteiger partial charge in [-0.2, -0.15) is 0 Å². The van der Waals surface area contributed by atoms with Crippen molar-refractivity contribution in [1.82, 2.24) is 5.32 Å². The van der Waals surface area contributed by atoms with E-state index in [1.54, 1.807) is 6.07 Å². The summed E-state index contributed by atoms with van der Waals surface area (Å²) in [6, 6.07) is 4.97. The Kier molecular flexibility index (Phi) is 4.13. The number of benzene rings is 1. The first-order valence-corrected chi connectivity index (χ1v) is 6.93. The largest absolute Gasteiger partial charge is 0.368 e. The van der Waals surface area contributed by atoms with E-state index in [0.717, 1.165) is 38.2 Å². The predicted molar refractivity (Wildman–Crippen MR) is 74.9 cm³/mol. The lowest BCUT2D eigenvalue weighted by Crippen LogP contribution is -2.60. The molecule has 2 nitrogen and oxygen atoms in total. The van der Waals surface area contributed by atoms with Crippen LogP contribution in [0.5, 0.6) is 0 Å². The highest BCUT2D eigenvalue weighted by atomic mass is 35.5. The van der Waals surface area contributed by atoms with Crippen LogP contribution in [0.3, 0.4) is 0 Å². The minimum Gasteiger partial charge on any atom is -0.368 e. The molecule has 100 valence electrons. The van der Waals surface area contributed by atoms with Gasteiger partial charge in [-0.15, -0.1) is 0 Å². The van der Waals surface area contributed by atoms with Gasteiger partial charge in [0.15, 0.2) is 0 Å². The molecule has 0 aromatic heterocycles. The zero-order valence-electron chi connectivity index (χ0n) is 11.0. The fourth-order valence-corrected chi connectivity index (χ4v) is 2.76. The Morgan fingerprint density at radius 3 is 2.72 bits per heavy atom. The molecule has 0 radical (unpaired) electrons. The minimum absolute atomic E-state index is 0.166. The molecule has 1 saturated heterocycles. The van der Waals surface area contributed by atoms with E-state index in [0.29, 0.717) is 0 Å². The van der Waals surface area contributed by atoms with Crippen molar-refractivity contribution in [3.63, 3.8) is 0 Å². The van der Waals surface area contributed by atoms with Crippen molar-refractivity contribution in [1.29, 1.82) is 0 Å². The molecule has 1 fully saturated rings. The molecule has 1 heterocycles. The van der Waals surface area contributed by atoms with Gasteiger partial charge in [0, 0.05) is 30.9 Å². The molecule has 0 bridgehead atoms. The molecule has 18 heavy (non-hydrogen) atoms. The lowest BCUT2D eigenvalue weighted by atomic mass is 9.90. The fourth-order valence-electron chi connectivity index (χ4n) is 2.58. The van der Waals surface area contributed by atoms with E-state index in [1.165, 1.54) is 6.07 Å². The van der Waals surface area contributed by atoms with Crippen LogP contribution in [0.2, 0.25) is 5.02 Å². The van der Waals surface area contributed by atoms with Gasteiger partial charge in [-0.3, -0.25) is 0 Å². The first-order chi connectivity index (χ1) is 8.60. The fraction of sp³-hybridized carbons (Fsp3) is 0.571. The Balaban J connectivity index is 2.20. The van der Waals surface area contributed by atoms with E-state index < -0.39 is 0 Å². The van der Waals surface area contributed by atoms with Crippen molar-refractivity contribution in [3.05, 3.63) is 29.0 Å². The highest BCUT2D eigenvalue weighted by Gasteiger charge is 2.31. The molecular formula is C14H20ClFN2. The van der Waals surface area contributed by atoms with Gasteiger partial charge in [0.2, 0.25) is 0 Å². The minimum atomic E-state index is -0.354. The van der Waals surface area contributed by atoms with Crippen molar-refractivity contribution >= 4 is 17.3 Å². The van der Waals surface area contributed by atoms with Crippen LogP contribution in [-0.4, -0.2) is 25.2 Å². The Labute approximate surface area is 113 Å². The average Bonchev–Trinajstić information content (AvgIpc) is 2.42. The van der Waals surface area contributed by atoms with E-state index >= 15 is 0 Å². The molecule has 0 saturated carbocycles. The van der Waals surface area contributed by atoms with Gasteiger partial charge in [-0.05, 0) is 31.0 Å². The summed E-state index contributed by atoms with van der Waals surface area (Å²) < 4.78 is 13.2. The number of nitrogens with zero attached hydrogens (tertiary/aromatic N) is 1. The molecule has 1 N–H and O–H groups in total. The maximum Gasteiger partial charge on any atom is 0.141 e. The van der Waals surface area contributed by atoms with Crippen LogP contribution in [0.25, 0.3) is 0 Å². The van der Waals surface area contributed by atoms with Gasteiger partial charge in [-0.25, -0.2) is 4.39 Å². The van der Waals surface area contributed by atoms with Crippen molar-refractivity contribution in [2.24, 2.45) is 0 Å². The van der Waals surface area contributed by atoms with Gasteiger partial charge in [-0.1, -0.05) is 25.4 Å². The number of anilines is 1. The second-order valence-electron chi connectivity index (χ2n) is 4.93. The third kappa shape index (κ3) is 2.62. The quantitative estimate of drug-likeness (QED) is 0.905. The van der Waals surface area contributed by atoms with Crippen LogP contribution in [-0.2, 0) is 0 Å². The Morgan fingerprint density at radius 1 is 1.39 bits per heavy atom. The Hall–Kier alpha value is -0.800. The summed E-state index contributed by atoms with van der Waals surface area (Å²) in [5, 5.41) is 3.81. The van der Waals surface area contributed by atoms with Crippen LogP contribution in [0.1, 0.15) is 26.7 Å². The third-order valence-electron chi connectivity index (χ3n) is 4.00. The van der Waals surface area contributed by atoms with Gasteiger partial charge in [0.05, 0.1) is 5.02 Å². The Morgan fingerprint density at radius 2 is 2.11 bits per heavy atom. The maximum absolute atomic E-state index is 13.2. The number of piperazine rings is 1. The van der Waals surface area contributed by atoms with E-state index in [9.17, 15) is 4.39 Å². The summed E-state index contributed by atoms with van der Waals surface area (Å²) >= 11 is 5.85. The molecule has 0 aliphatic carbocycles. The zero-order valence-corrected chi connectivity index (χ0v) is 11.7. The molecule has 0 atom stereocenters. The SMILES string of the molecule is CCC1(CC)CN(c2ccc(F)c(Cl)c2)CCN1. The van der Waals surface area contributed by atoms with Crippen LogP contribution >= 0.6 is 11.6 Å². The lowest BCUT2D eigenvalue weighted by molar-refractivity contribution is 0.277. The van der Waals surface area contributed by atoms with Crippen molar-refractivity contribution < 1.29 is 4.39 Å². The first-order valence-electron chi connectivity index (χ1n) is 6.55. The number of hydrogen-bond acceptors (Lipinski definition) is 2. The van der Waals surface area contributed by atoms with Gasteiger partial charge in [0.1, 0.15) is 5.82 Å². The number of rotatable bonds is 3. The second kappa shape index (κ2) is 5.45. The van der Waals surface area contributed by atoms with Gasteiger partial charge in [0.25, 0.3) is 0 Å². The van der Waals surface area contributed by atoms with E-state index in [1.807, 2.05) is 6.07 Å². The maximum atomic E-state index is 13.2. The van der Waals surface area contributed by atoms with Gasteiger partial charge < -0.3 is 10.2 Å².